The van der Waals surface area contributed by atoms with E-state index < -0.39 is 29.5 Å². The van der Waals surface area contributed by atoms with E-state index in [0.29, 0.717) is 6.07 Å². The van der Waals surface area contributed by atoms with Crippen LogP contribution < -0.4 is 4.90 Å². The fourth-order valence-electron chi connectivity index (χ4n) is 1.92. The molecule has 1 aliphatic rings. The van der Waals surface area contributed by atoms with Crippen molar-refractivity contribution in [3.05, 3.63) is 29.3 Å². The van der Waals surface area contributed by atoms with Crippen molar-refractivity contribution < 1.29 is 27.9 Å². The number of carbonyl (C=O) groups is 2. The summed E-state index contributed by atoms with van der Waals surface area (Å²) in [5.41, 5.74) is -1.18. The van der Waals surface area contributed by atoms with E-state index in [0.717, 1.165) is 17.0 Å². The summed E-state index contributed by atoms with van der Waals surface area (Å²) in [5, 5.41) is 9.68. The van der Waals surface area contributed by atoms with Crippen molar-refractivity contribution in [2.24, 2.45) is 0 Å². The van der Waals surface area contributed by atoms with Crippen LogP contribution in [0.3, 0.4) is 0 Å². The van der Waals surface area contributed by atoms with Crippen molar-refractivity contribution in [2.45, 2.75) is 12.3 Å². The molecule has 1 amide bonds. The maximum absolute atomic E-state index is 12.6. The largest absolute Gasteiger partial charge is 0.416 e. The number of anilines is 1. The Morgan fingerprint density at radius 3 is 2.50 bits per heavy atom. The van der Waals surface area contributed by atoms with Crippen LogP contribution in [0.5, 0.6) is 0 Å². The van der Waals surface area contributed by atoms with Crippen LogP contribution in [-0.2, 0) is 11.0 Å². The average molecular weight is 352 g/mol. The van der Waals surface area contributed by atoms with E-state index in [-0.39, 0.29) is 23.1 Å². The summed E-state index contributed by atoms with van der Waals surface area (Å²) < 4.78 is 37.8. The molecule has 8 heteroatoms. The van der Waals surface area contributed by atoms with Gasteiger partial charge < -0.3 is 10.0 Å². The Hall–Kier alpha value is -1.41. The lowest BCUT2D eigenvalue weighted by atomic mass is 10.1. The number of hydrogen-bond donors (Lipinski definition) is 1. The molecule has 0 saturated carbocycles. The van der Waals surface area contributed by atoms with Crippen molar-refractivity contribution in [1.82, 2.24) is 0 Å². The van der Waals surface area contributed by atoms with Gasteiger partial charge in [-0.15, -0.1) is 0 Å². The minimum absolute atomic E-state index is 0.0907. The number of amides is 1. The van der Waals surface area contributed by atoms with Crippen LogP contribution >= 0.6 is 15.9 Å². The van der Waals surface area contributed by atoms with Gasteiger partial charge >= 0.3 is 6.18 Å². The molecule has 1 N–H and O–H groups in total. The lowest BCUT2D eigenvalue weighted by Gasteiger charge is -2.19. The van der Waals surface area contributed by atoms with E-state index in [4.69, 9.17) is 0 Å². The van der Waals surface area contributed by atoms with Crippen molar-refractivity contribution in [3.63, 3.8) is 0 Å². The van der Waals surface area contributed by atoms with Gasteiger partial charge in [-0.2, -0.15) is 13.2 Å². The Kier molecular flexibility index (Phi) is 3.88. The van der Waals surface area contributed by atoms with Crippen molar-refractivity contribution >= 4 is 33.3 Å². The van der Waals surface area contributed by atoms with Crippen molar-refractivity contribution in [3.8, 4) is 0 Å². The maximum Gasteiger partial charge on any atom is 0.416 e. The highest BCUT2D eigenvalue weighted by atomic mass is 79.9. The number of carbonyl (C=O) groups excluding carboxylic acids is 2. The number of aliphatic hydroxyl groups excluding tert-OH is 1. The van der Waals surface area contributed by atoms with Gasteiger partial charge in [-0.3, -0.25) is 9.59 Å². The molecule has 1 heterocycles. The van der Waals surface area contributed by atoms with Crippen LogP contribution in [0.2, 0.25) is 0 Å². The lowest BCUT2D eigenvalue weighted by Crippen LogP contribution is -2.37. The zero-order chi connectivity index (χ0) is 15.1. The van der Waals surface area contributed by atoms with Crippen LogP contribution in [0.4, 0.5) is 18.9 Å². The van der Waals surface area contributed by atoms with E-state index in [9.17, 15) is 27.9 Å². The molecule has 0 spiro atoms. The first kappa shape index (κ1) is 15.0. The van der Waals surface area contributed by atoms with Gasteiger partial charge in [0.05, 0.1) is 29.5 Å². The summed E-state index contributed by atoms with van der Waals surface area (Å²) in [6.45, 7) is -0.159. The minimum Gasteiger partial charge on any atom is -0.390 e. The summed E-state index contributed by atoms with van der Waals surface area (Å²) in [5.74, 6) is -1.92. The second kappa shape index (κ2) is 5.17. The summed E-state index contributed by atoms with van der Waals surface area (Å²) >= 11 is 3.01. The van der Waals surface area contributed by atoms with Gasteiger partial charge in [-0.05, 0) is 18.2 Å². The Labute approximate surface area is 120 Å². The van der Waals surface area contributed by atoms with Gasteiger partial charge in [0.25, 0.3) is 11.7 Å². The molecular formula is C12H9BrF3NO3. The summed E-state index contributed by atoms with van der Waals surface area (Å²) in [7, 11) is 0. The molecule has 0 saturated heterocycles. The zero-order valence-electron chi connectivity index (χ0n) is 9.95. The Balaban J connectivity index is 2.42. The Morgan fingerprint density at radius 2 is 1.95 bits per heavy atom. The van der Waals surface area contributed by atoms with E-state index in [1.54, 1.807) is 0 Å². The fourth-order valence-corrected chi connectivity index (χ4v) is 2.12. The first-order chi connectivity index (χ1) is 9.25. The molecule has 1 aromatic rings. The number of aliphatic hydroxyl groups is 1. The van der Waals surface area contributed by atoms with Crippen molar-refractivity contribution in [2.75, 3.05) is 16.8 Å². The van der Waals surface area contributed by atoms with E-state index in [1.165, 1.54) is 0 Å². The lowest BCUT2D eigenvalue weighted by molar-refractivity contribution is -0.137. The van der Waals surface area contributed by atoms with Crippen LogP contribution in [0.15, 0.2) is 18.2 Å². The second-order valence-electron chi connectivity index (χ2n) is 4.28. The molecule has 1 aliphatic heterocycles. The van der Waals surface area contributed by atoms with Crippen LogP contribution in [0.25, 0.3) is 0 Å². The number of rotatable bonds is 3. The summed E-state index contributed by atoms with van der Waals surface area (Å²) in [6, 6.07) is 2.54. The molecule has 0 radical (unpaired) electrons. The first-order valence-corrected chi connectivity index (χ1v) is 6.69. The van der Waals surface area contributed by atoms with E-state index in [2.05, 4.69) is 15.9 Å². The number of halogens is 4. The number of Topliss-reactive ketones (excluding diaryl/α,β-unsaturated/α-hetero) is 1. The highest BCUT2D eigenvalue weighted by Crippen LogP contribution is 2.36. The number of ketones is 1. The third-order valence-corrected chi connectivity index (χ3v) is 3.62. The predicted octanol–water partition coefficient (Wildman–Crippen LogP) is 1.99. The fraction of sp³-hybridized carbons (Fsp3) is 0.333. The second-order valence-corrected chi connectivity index (χ2v) is 4.93. The van der Waals surface area contributed by atoms with Gasteiger partial charge in [0.15, 0.2) is 0 Å². The molecule has 0 fully saturated rings. The number of alkyl halides is 4. The zero-order valence-corrected chi connectivity index (χ0v) is 11.5. The number of nitrogens with zero attached hydrogens (tertiary/aromatic N) is 1. The molecule has 0 bridgehead atoms. The van der Waals surface area contributed by atoms with Gasteiger partial charge in [0.1, 0.15) is 0 Å². The normalized spacial score (nSPS) is 16.6. The molecule has 4 nitrogen and oxygen atoms in total. The summed E-state index contributed by atoms with van der Waals surface area (Å²) in [6.07, 6.45) is -5.50. The Morgan fingerprint density at radius 1 is 1.30 bits per heavy atom. The minimum atomic E-state index is -4.58. The molecule has 2 rings (SSSR count). The number of fused-ring (bicyclic) bond motifs is 1. The van der Waals surface area contributed by atoms with Crippen LogP contribution in [0, 0.1) is 0 Å². The van der Waals surface area contributed by atoms with Crippen LogP contribution in [-0.4, -0.2) is 34.8 Å². The number of β-amino-alcohol motifs (C(OH)–C–C–N with tert-alkyl or cyclic N) is 1. The van der Waals surface area contributed by atoms with Gasteiger partial charge in [0, 0.05) is 5.33 Å². The topological polar surface area (TPSA) is 57.6 Å². The van der Waals surface area contributed by atoms with Crippen molar-refractivity contribution in [1.29, 1.82) is 0 Å². The van der Waals surface area contributed by atoms with Gasteiger partial charge in [0.2, 0.25) is 0 Å². The van der Waals surface area contributed by atoms with E-state index in [1.807, 2.05) is 0 Å². The quantitative estimate of drug-likeness (QED) is 0.669. The molecule has 0 aliphatic carbocycles. The highest BCUT2D eigenvalue weighted by Gasteiger charge is 2.39. The molecule has 1 unspecified atom stereocenters. The van der Waals surface area contributed by atoms with E-state index >= 15 is 0 Å². The van der Waals surface area contributed by atoms with Crippen LogP contribution in [0.1, 0.15) is 15.9 Å². The molecule has 108 valence electrons. The third kappa shape index (κ3) is 2.57. The first-order valence-electron chi connectivity index (χ1n) is 5.57. The number of benzene rings is 1. The molecular weight excluding hydrogens is 343 g/mol. The smallest absolute Gasteiger partial charge is 0.390 e. The maximum atomic E-state index is 12.6. The average Bonchev–Trinajstić information content (AvgIpc) is 2.62. The molecule has 20 heavy (non-hydrogen) atoms. The monoisotopic (exact) mass is 351 g/mol. The number of hydrogen-bond acceptors (Lipinski definition) is 3. The van der Waals surface area contributed by atoms with Gasteiger partial charge in [-0.25, -0.2) is 0 Å². The molecule has 1 aromatic carbocycles. The SMILES string of the molecule is O=C1C(=O)N(CC(O)CBr)c2ccc(C(F)(F)F)cc21. The standard InChI is InChI=1S/C12H9BrF3NO3/c13-4-7(18)5-17-9-2-1-6(12(14,15)16)3-8(9)10(19)11(17)20/h1-3,7,18H,4-5H2. The third-order valence-electron chi connectivity index (χ3n) is 2.87. The molecule has 0 aromatic heterocycles. The Bertz CT molecular complexity index is 574. The predicted molar refractivity (Wildman–Crippen MR) is 67.9 cm³/mol. The highest BCUT2D eigenvalue weighted by molar-refractivity contribution is 9.09. The van der Waals surface area contributed by atoms with Gasteiger partial charge in [-0.1, -0.05) is 15.9 Å². The summed E-state index contributed by atoms with van der Waals surface area (Å²) in [4.78, 5) is 24.4. The molecule has 1 atom stereocenters.